The molecule has 2 amide bonds. The summed E-state index contributed by atoms with van der Waals surface area (Å²) in [6.45, 7) is 3.89. The van der Waals surface area contributed by atoms with Gasteiger partial charge in [-0.1, -0.05) is 72.8 Å². The maximum Gasteiger partial charge on any atom is 0.272 e. The molecule has 0 atom stereocenters. The molecule has 0 fully saturated rings. The van der Waals surface area contributed by atoms with Crippen molar-refractivity contribution in [3.8, 4) is 0 Å². The van der Waals surface area contributed by atoms with Crippen LogP contribution in [-0.2, 0) is 15.3 Å². The zero-order chi connectivity index (χ0) is 20.4. The van der Waals surface area contributed by atoms with Crippen molar-refractivity contribution < 1.29 is 9.59 Å². The van der Waals surface area contributed by atoms with Gasteiger partial charge < -0.3 is 0 Å². The molecule has 3 aromatic rings. The fourth-order valence-electron chi connectivity index (χ4n) is 3.41. The quantitative estimate of drug-likeness (QED) is 0.530. The molecule has 0 radical (unpaired) electrons. The van der Waals surface area contributed by atoms with E-state index in [0.717, 1.165) is 22.3 Å². The number of benzene rings is 3. The van der Waals surface area contributed by atoms with Crippen LogP contribution in [0.1, 0.15) is 22.3 Å². The molecule has 0 aromatic heterocycles. The first-order valence-electron chi connectivity index (χ1n) is 9.48. The highest BCUT2D eigenvalue weighted by atomic mass is 32.2. The van der Waals surface area contributed by atoms with Gasteiger partial charge >= 0.3 is 0 Å². The summed E-state index contributed by atoms with van der Waals surface area (Å²) in [5.74, 6) is 0.126. The SMILES string of the molecule is Cc1ccc(C)c(N2C(=O)C(SCc3ccccc3)=C(c3ccccc3)C2=O)c1. The fourth-order valence-corrected chi connectivity index (χ4v) is 4.48. The van der Waals surface area contributed by atoms with Crippen molar-refractivity contribution in [1.29, 1.82) is 0 Å². The number of hydrogen-bond acceptors (Lipinski definition) is 3. The van der Waals surface area contributed by atoms with Crippen LogP contribution in [0.3, 0.4) is 0 Å². The van der Waals surface area contributed by atoms with E-state index in [1.54, 1.807) is 0 Å². The van der Waals surface area contributed by atoms with E-state index >= 15 is 0 Å². The second-order valence-electron chi connectivity index (χ2n) is 7.08. The van der Waals surface area contributed by atoms with Crippen molar-refractivity contribution in [3.05, 3.63) is 106 Å². The van der Waals surface area contributed by atoms with E-state index in [9.17, 15) is 9.59 Å². The Kier molecular flexibility index (Phi) is 5.36. The van der Waals surface area contributed by atoms with Crippen LogP contribution >= 0.6 is 11.8 Å². The molecule has 1 heterocycles. The van der Waals surface area contributed by atoms with Crippen LogP contribution in [0.4, 0.5) is 5.69 Å². The molecule has 1 aliphatic heterocycles. The summed E-state index contributed by atoms with van der Waals surface area (Å²) in [5, 5.41) is 0. The zero-order valence-corrected chi connectivity index (χ0v) is 17.2. The summed E-state index contributed by atoms with van der Waals surface area (Å²) in [6.07, 6.45) is 0. The van der Waals surface area contributed by atoms with Crippen molar-refractivity contribution in [3.63, 3.8) is 0 Å². The molecule has 0 saturated heterocycles. The fraction of sp³-hybridized carbons (Fsp3) is 0.120. The number of thioether (sulfide) groups is 1. The van der Waals surface area contributed by atoms with Gasteiger partial charge in [-0.05, 0) is 42.2 Å². The first-order valence-corrected chi connectivity index (χ1v) is 10.5. The molecule has 4 rings (SSSR count). The third-order valence-electron chi connectivity index (χ3n) is 4.94. The average molecular weight is 400 g/mol. The Morgan fingerprint density at radius 3 is 2.14 bits per heavy atom. The molecule has 0 saturated carbocycles. The van der Waals surface area contributed by atoms with Crippen LogP contribution in [0, 0.1) is 13.8 Å². The number of amides is 2. The van der Waals surface area contributed by atoms with Gasteiger partial charge in [0.2, 0.25) is 0 Å². The van der Waals surface area contributed by atoms with Crippen LogP contribution in [0.25, 0.3) is 5.57 Å². The maximum absolute atomic E-state index is 13.4. The molecule has 4 heteroatoms. The predicted molar refractivity (Wildman–Crippen MR) is 120 cm³/mol. The molecule has 3 aromatic carbocycles. The highest BCUT2D eigenvalue weighted by molar-refractivity contribution is 8.03. The minimum absolute atomic E-state index is 0.247. The Balaban J connectivity index is 1.76. The molecule has 1 aliphatic rings. The largest absolute Gasteiger partial charge is 0.272 e. The van der Waals surface area contributed by atoms with Crippen LogP contribution in [0.2, 0.25) is 0 Å². The Bertz CT molecular complexity index is 1100. The van der Waals surface area contributed by atoms with Gasteiger partial charge in [0, 0.05) is 5.75 Å². The lowest BCUT2D eigenvalue weighted by molar-refractivity contribution is -0.119. The lowest BCUT2D eigenvalue weighted by Crippen LogP contribution is -2.32. The first-order chi connectivity index (χ1) is 14.1. The number of carbonyl (C=O) groups excluding carboxylic acids is 2. The summed E-state index contributed by atoms with van der Waals surface area (Å²) in [4.78, 5) is 28.7. The Labute approximate surface area is 175 Å². The maximum atomic E-state index is 13.4. The van der Waals surface area contributed by atoms with Crippen LogP contribution in [-0.4, -0.2) is 11.8 Å². The number of rotatable bonds is 5. The van der Waals surface area contributed by atoms with Gasteiger partial charge in [-0.15, -0.1) is 11.8 Å². The minimum Gasteiger partial charge on any atom is -0.268 e. The molecular weight excluding hydrogens is 378 g/mol. The van der Waals surface area contributed by atoms with Crippen molar-refractivity contribution in [2.45, 2.75) is 19.6 Å². The lowest BCUT2D eigenvalue weighted by atomic mass is 10.1. The van der Waals surface area contributed by atoms with Gasteiger partial charge in [0.25, 0.3) is 11.8 Å². The summed E-state index contributed by atoms with van der Waals surface area (Å²) in [6, 6.07) is 25.3. The number of aryl methyl sites for hydroxylation is 2. The number of anilines is 1. The van der Waals surface area contributed by atoms with Gasteiger partial charge in [0.15, 0.2) is 0 Å². The normalized spacial score (nSPS) is 14.1. The van der Waals surface area contributed by atoms with E-state index in [0.29, 0.717) is 21.9 Å². The first kappa shape index (κ1) is 19.2. The molecule has 0 spiro atoms. The molecule has 0 aliphatic carbocycles. The predicted octanol–water partition coefficient (Wildman–Crippen LogP) is 5.52. The highest BCUT2D eigenvalue weighted by Gasteiger charge is 2.40. The van der Waals surface area contributed by atoms with E-state index in [-0.39, 0.29) is 11.8 Å². The minimum atomic E-state index is -0.259. The van der Waals surface area contributed by atoms with Gasteiger partial charge in [-0.3, -0.25) is 9.59 Å². The second kappa shape index (κ2) is 8.10. The molecule has 3 nitrogen and oxygen atoms in total. The molecule has 0 N–H and O–H groups in total. The van der Waals surface area contributed by atoms with Gasteiger partial charge in [0.05, 0.1) is 16.2 Å². The van der Waals surface area contributed by atoms with Crippen LogP contribution < -0.4 is 4.90 Å². The zero-order valence-electron chi connectivity index (χ0n) is 16.4. The summed E-state index contributed by atoms with van der Waals surface area (Å²) >= 11 is 1.43. The standard InChI is InChI=1S/C25H21NO2S/c1-17-13-14-18(2)21(15-17)26-24(27)22(20-11-7-4-8-12-20)23(25(26)28)29-16-19-9-5-3-6-10-19/h3-15H,16H2,1-2H3. The van der Waals surface area contributed by atoms with Gasteiger partial charge in [-0.25, -0.2) is 4.90 Å². The van der Waals surface area contributed by atoms with E-state index in [4.69, 9.17) is 0 Å². The van der Waals surface area contributed by atoms with Gasteiger partial charge in [0.1, 0.15) is 0 Å². The summed E-state index contributed by atoms with van der Waals surface area (Å²) < 4.78 is 0. The van der Waals surface area contributed by atoms with Crippen LogP contribution in [0.5, 0.6) is 0 Å². The third-order valence-corrected chi connectivity index (χ3v) is 6.08. The van der Waals surface area contributed by atoms with E-state index < -0.39 is 0 Å². The molecule has 0 bridgehead atoms. The highest BCUT2D eigenvalue weighted by Crippen LogP contribution is 2.40. The van der Waals surface area contributed by atoms with Crippen molar-refractivity contribution in [2.24, 2.45) is 0 Å². The average Bonchev–Trinajstić information content (AvgIpc) is 2.99. The molecular formula is C25H21NO2S. The summed E-state index contributed by atoms with van der Waals surface area (Å²) in [7, 11) is 0. The monoisotopic (exact) mass is 399 g/mol. The summed E-state index contributed by atoms with van der Waals surface area (Å²) in [5.41, 5.74) is 4.94. The molecule has 0 unspecified atom stereocenters. The second-order valence-corrected chi connectivity index (χ2v) is 8.07. The Morgan fingerprint density at radius 2 is 1.45 bits per heavy atom. The van der Waals surface area contributed by atoms with E-state index in [1.165, 1.54) is 16.7 Å². The van der Waals surface area contributed by atoms with E-state index in [2.05, 4.69) is 0 Å². The number of hydrogen-bond donors (Lipinski definition) is 0. The molecule has 144 valence electrons. The van der Waals surface area contributed by atoms with Crippen molar-refractivity contribution >= 4 is 34.8 Å². The number of carbonyl (C=O) groups is 2. The van der Waals surface area contributed by atoms with Crippen molar-refractivity contribution in [1.82, 2.24) is 0 Å². The number of imide groups is 1. The van der Waals surface area contributed by atoms with Crippen LogP contribution in [0.15, 0.2) is 83.8 Å². The smallest absolute Gasteiger partial charge is 0.268 e. The Hall–Kier alpha value is -3.11. The molecule has 29 heavy (non-hydrogen) atoms. The Morgan fingerprint density at radius 1 is 0.793 bits per heavy atom. The third kappa shape index (κ3) is 3.76. The van der Waals surface area contributed by atoms with Gasteiger partial charge in [-0.2, -0.15) is 0 Å². The number of nitrogens with zero attached hydrogens (tertiary/aromatic N) is 1. The lowest BCUT2D eigenvalue weighted by Gasteiger charge is -2.18. The topological polar surface area (TPSA) is 37.4 Å². The van der Waals surface area contributed by atoms with E-state index in [1.807, 2.05) is 92.7 Å². The van der Waals surface area contributed by atoms with Crippen molar-refractivity contribution in [2.75, 3.05) is 4.90 Å².